The molecular weight excluding hydrogens is 412 g/mol. The number of Topliss-reactive ketones (excluding diaryl/α,β-unsaturated/α-hetero) is 1. The Kier molecular flexibility index (Phi) is 5.94. The Morgan fingerprint density at radius 1 is 1.09 bits per heavy atom. The molecule has 0 spiro atoms. The van der Waals surface area contributed by atoms with Gasteiger partial charge in [-0.3, -0.25) is 19.7 Å². The van der Waals surface area contributed by atoms with E-state index < -0.39 is 22.7 Å². The Morgan fingerprint density at radius 3 is 2.41 bits per heavy atom. The maximum Gasteiger partial charge on any atom is 0.295 e. The van der Waals surface area contributed by atoms with E-state index in [1.165, 1.54) is 31.4 Å². The molecule has 1 saturated heterocycles. The SMILES string of the molecule is COc1cccc(C2/C(=C(/O)c3ccc([N+](=O)[O-])cc3)C(=O)C(=O)N2C2CCCCC2)c1. The van der Waals surface area contributed by atoms with E-state index in [1.807, 2.05) is 0 Å². The van der Waals surface area contributed by atoms with Crippen LogP contribution in [0.1, 0.15) is 49.3 Å². The van der Waals surface area contributed by atoms with Gasteiger partial charge in [0.1, 0.15) is 11.5 Å². The van der Waals surface area contributed by atoms with Crippen LogP contribution in [0.2, 0.25) is 0 Å². The van der Waals surface area contributed by atoms with Gasteiger partial charge in [-0.05, 0) is 42.7 Å². The van der Waals surface area contributed by atoms with Crippen molar-refractivity contribution in [2.45, 2.75) is 44.2 Å². The van der Waals surface area contributed by atoms with Gasteiger partial charge in [-0.25, -0.2) is 0 Å². The van der Waals surface area contributed by atoms with Gasteiger partial charge in [-0.2, -0.15) is 0 Å². The first-order chi connectivity index (χ1) is 15.4. The summed E-state index contributed by atoms with van der Waals surface area (Å²) in [6, 6.07) is 11.5. The summed E-state index contributed by atoms with van der Waals surface area (Å²) in [5, 5.41) is 22.1. The monoisotopic (exact) mass is 436 g/mol. The van der Waals surface area contributed by atoms with Crippen LogP contribution in [0.3, 0.4) is 0 Å². The van der Waals surface area contributed by atoms with Crippen molar-refractivity contribution < 1.29 is 24.4 Å². The number of carbonyl (C=O) groups excluding carboxylic acids is 2. The lowest BCUT2D eigenvalue weighted by Gasteiger charge is -2.35. The van der Waals surface area contributed by atoms with Crippen molar-refractivity contribution in [2.75, 3.05) is 7.11 Å². The number of nitro groups is 1. The summed E-state index contributed by atoms with van der Waals surface area (Å²) in [5.41, 5.74) is 0.763. The molecule has 4 rings (SSSR count). The predicted molar refractivity (Wildman–Crippen MR) is 117 cm³/mol. The number of ketones is 1. The van der Waals surface area contributed by atoms with Crippen molar-refractivity contribution in [3.8, 4) is 5.75 Å². The zero-order valence-corrected chi connectivity index (χ0v) is 17.7. The zero-order valence-electron chi connectivity index (χ0n) is 17.7. The van der Waals surface area contributed by atoms with Gasteiger partial charge in [0.25, 0.3) is 17.4 Å². The van der Waals surface area contributed by atoms with Crippen molar-refractivity contribution in [1.29, 1.82) is 0 Å². The molecule has 0 aromatic heterocycles. The van der Waals surface area contributed by atoms with Crippen LogP contribution in [0.4, 0.5) is 5.69 Å². The van der Waals surface area contributed by atoms with Crippen LogP contribution in [0.25, 0.3) is 5.76 Å². The lowest BCUT2D eigenvalue weighted by molar-refractivity contribution is -0.384. The number of non-ortho nitro benzene ring substituents is 1. The van der Waals surface area contributed by atoms with Crippen LogP contribution in [-0.2, 0) is 9.59 Å². The molecule has 2 aliphatic rings. The molecule has 8 nitrogen and oxygen atoms in total. The summed E-state index contributed by atoms with van der Waals surface area (Å²) in [6.45, 7) is 0. The maximum absolute atomic E-state index is 13.1. The number of aliphatic hydroxyl groups excluding tert-OH is 1. The summed E-state index contributed by atoms with van der Waals surface area (Å²) in [4.78, 5) is 38.3. The summed E-state index contributed by atoms with van der Waals surface area (Å²) < 4.78 is 5.33. The number of hydrogen-bond donors (Lipinski definition) is 1. The summed E-state index contributed by atoms with van der Waals surface area (Å²) >= 11 is 0. The third kappa shape index (κ3) is 3.84. The number of aliphatic hydroxyl groups is 1. The molecule has 2 aromatic rings. The standard InChI is InChI=1S/C24H24N2O6/c1-32-19-9-5-6-16(14-19)21-20(22(27)15-10-12-18(13-11-15)26(30)31)23(28)24(29)25(21)17-7-3-2-4-8-17/h5-6,9-14,17,21,27H,2-4,7-8H2,1H3/b22-20-. The highest BCUT2D eigenvalue weighted by atomic mass is 16.6. The van der Waals surface area contributed by atoms with Crippen LogP contribution < -0.4 is 4.74 Å². The number of carbonyl (C=O) groups is 2. The minimum absolute atomic E-state index is 0.0114. The number of amides is 1. The quantitative estimate of drug-likeness (QED) is 0.245. The minimum Gasteiger partial charge on any atom is -0.507 e. The number of ether oxygens (including phenoxy) is 1. The first-order valence-electron chi connectivity index (χ1n) is 10.6. The number of benzene rings is 2. The second-order valence-corrected chi connectivity index (χ2v) is 8.08. The lowest BCUT2D eigenvalue weighted by atomic mass is 9.91. The van der Waals surface area contributed by atoms with Gasteiger partial charge in [-0.1, -0.05) is 31.4 Å². The highest BCUT2D eigenvalue weighted by molar-refractivity contribution is 6.46. The molecule has 1 heterocycles. The highest BCUT2D eigenvalue weighted by Gasteiger charge is 2.48. The summed E-state index contributed by atoms with van der Waals surface area (Å²) in [5.74, 6) is -1.15. The van der Waals surface area contributed by atoms with Crippen LogP contribution >= 0.6 is 0 Å². The van der Waals surface area contributed by atoms with Crippen molar-refractivity contribution >= 4 is 23.1 Å². The van der Waals surface area contributed by atoms with E-state index >= 15 is 0 Å². The molecule has 1 amide bonds. The zero-order chi connectivity index (χ0) is 22.8. The van der Waals surface area contributed by atoms with Gasteiger partial charge < -0.3 is 14.7 Å². The molecule has 1 saturated carbocycles. The Hall–Kier alpha value is -3.68. The van der Waals surface area contributed by atoms with Crippen LogP contribution in [0, 0.1) is 10.1 Å². The van der Waals surface area contributed by atoms with E-state index in [4.69, 9.17) is 4.74 Å². The topological polar surface area (TPSA) is 110 Å². The fourth-order valence-electron chi connectivity index (χ4n) is 4.62. The number of methoxy groups -OCH3 is 1. The van der Waals surface area contributed by atoms with Crippen molar-refractivity contribution in [3.05, 3.63) is 75.3 Å². The first-order valence-corrected chi connectivity index (χ1v) is 10.6. The van der Waals surface area contributed by atoms with E-state index in [2.05, 4.69) is 0 Å². The smallest absolute Gasteiger partial charge is 0.295 e. The number of likely N-dealkylation sites (tertiary alicyclic amines) is 1. The first kappa shape index (κ1) is 21.5. The second kappa shape index (κ2) is 8.82. The van der Waals surface area contributed by atoms with Crippen molar-refractivity contribution in [3.63, 3.8) is 0 Å². The number of nitrogens with zero attached hydrogens (tertiary/aromatic N) is 2. The molecular formula is C24H24N2O6. The molecule has 1 aliphatic carbocycles. The van der Waals surface area contributed by atoms with Gasteiger partial charge in [-0.15, -0.1) is 0 Å². The Bertz CT molecular complexity index is 1090. The van der Waals surface area contributed by atoms with Crippen molar-refractivity contribution in [1.82, 2.24) is 4.90 Å². The minimum atomic E-state index is -0.761. The fraction of sp³-hybridized carbons (Fsp3) is 0.333. The average Bonchev–Trinajstić information content (AvgIpc) is 3.09. The van der Waals surface area contributed by atoms with E-state index in [9.17, 15) is 24.8 Å². The highest BCUT2D eigenvalue weighted by Crippen LogP contribution is 2.43. The third-order valence-corrected chi connectivity index (χ3v) is 6.21. The van der Waals surface area contributed by atoms with E-state index in [-0.39, 0.29) is 28.6 Å². The van der Waals surface area contributed by atoms with Crippen LogP contribution in [-0.4, -0.2) is 39.8 Å². The lowest BCUT2D eigenvalue weighted by Crippen LogP contribution is -2.40. The van der Waals surface area contributed by atoms with Gasteiger partial charge in [0.15, 0.2) is 0 Å². The Balaban J connectivity index is 1.86. The normalized spacial score (nSPS) is 21.0. The molecule has 2 aromatic carbocycles. The average molecular weight is 436 g/mol. The molecule has 2 fully saturated rings. The molecule has 1 unspecified atom stereocenters. The third-order valence-electron chi connectivity index (χ3n) is 6.21. The van der Waals surface area contributed by atoms with E-state index in [0.717, 1.165) is 32.1 Å². The van der Waals surface area contributed by atoms with Gasteiger partial charge in [0.05, 0.1) is 23.6 Å². The predicted octanol–water partition coefficient (Wildman–Crippen LogP) is 4.36. The maximum atomic E-state index is 13.1. The van der Waals surface area contributed by atoms with Gasteiger partial charge in [0.2, 0.25) is 0 Å². The number of hydrogen-bond acceptors (Lipinski definition) is 6. The molecule has 32 heavy (non-hydrogen) atoms. The van der Waals surface area contributed by atoms with Gasteiger partial charge in [0, 0.05) is 23.7 Å². The van der Waals surface area contributed by atoms with Gasteiger partial charge >= 0.3 is 0 Å². The van der Waals surface area contributed by atoms with Crippen LogP contribution in [0.5, 0.6) is 5.75 Å². The molecule has 166 valence electrons. The summed E-state index contributed by atoms with van der Waals surface area (Å²) in [7, 11) is 1.54. The molecule has 0 radical (unpaired) electrons. The van der Waals surface area contributed by atoms with Crippen molar-refractivity contribution in [2.24, 2.45) is 0 Å². The van der Waals surface area contributed by atoms with Crippen LogP contribution in [0.15, 0.2) is 54.1 Å². The van der Waals surface area contributed by atoms with E-state index in [0.29, 0.717) is 11.3 Å². The number of rotatable bonds is 5. The fourth-order valence-corrected chi connectivity index (χ4v) is 4.62. The van der Waals surface area contributed by atoms with E-state index in [1.54, 1.807) is 29.2 Å². The molecule has 0 bridgehead atoms. The Labute approximate surface area is 185 Å². The Morgan fingerprint density at radius 2 is 1.78 bits per heavy atom. The molecule has 1 atom stereocenters. The largest absolute Gasteiger partial charge is 0.507 e. The molecule has 8 heteroatoms. The second-order valence-electron chi connectivity index (χ2n) is 8.08. The molecule has 1 N–H and O–H groups in total. The molecule has 1 aliphatic heterocycles. The summed E-state index contributed by atoms with van der Waals surface area (Å²) in [6.07, 6.45) is 4.63. The number of nitro benzene ring substituents is 1.